The van der Waals surface area contributed by atoms with E-state index in [-0.39, 0.29) is 30.5 Å². The van der Waals surface area contributed by atoms with E-state index in [1.807, 2.05) is 43.1 Å². The average molecular weight is 473 g/mol. The van der Waals surface area contributed by atoms with Crippen LogP contribution >= 0.6 is 24.0 Å². The first-order valence-corrected chi connectivity index (χ1v) is 8.35. The molecule has 0 saturated heterocycles. The van der Waals surface area contributed by atoms with Crippen LogP contribution in [0.4, 0.5) is 0 Å². The van der Waals surface area contributed by atoms with Crippen molar-refractivity contribution in [2.45, 2.75) is 26.0 Å². The van der Waals surface area contributed by atoms with Crippen LogP contribution in [0.1, 0.15) is 25.2 Å². The summed E-state index contributed by atoms with van der Waals surface area (Å²) in [6.07, 6.45) is 1.55. The zero-order valence-electron chi connectivity index (χ0n) is 15.7. The minimum absolute atomic E-state index is 0. The van der Waals surface area contributed by atoms with E-state index in [1.54, 1.807) is 32.4 Å². The molecule has 1 atom stereocenters. The zero-order chi connectivity index (χ0) is 18.3. The standard InChI is InChI=1S/C19H27N3O3.HI/c1-5-20-18(21-14-19(2,23)17-11-8-12-25-17)22(3)13-15-9-6-7-10-16(15)24-4;/h6-12,23H,5,13-14H2,1-4H3,(H,20,21);1H. The molecule has 6 nitrogen and oxygen atoms in total. The molecule has 144 valence electrons. The van der Waals surface area contributed by atoms with Gasteiger partial charge >= 0.3 is 0 Å². The molecule has 1 unspecified atom stereocenters. The van der Waals surface area contributed by atoms with Crippen LogP contribution in [0.3, 0.4) is 0 Å². The lowest BCUT2D eigenvalue weighted by Gasteiger charge is -2.25. The van der Waals surface area contributed by atoms with Crippen LogP contribution in [-0.4, -0.2) is 43.2 Å². The lowest BCUT2D eigenvalue weighted by atomic mass is 10.0. The van der Waals surface area contributed by atoms with E-state index < -0.39 is 5.60 Å². The van der Waals surface area contributed by atoms with Crippen molar-refractivity contribution in [1.82, 2.24) is 10.2 Å². The Morgan fingerprint density at radius 1 is 1.31 bits per heavy atom. The number of rotatable bonds is 7. The number of aliphatic imine (C=N–C) groups is 1. The van der Waals surface area contributed by atoms with E-state index in [2.05, 4.69) is 10.3 Å². The van der Waals surface area contributed by atoms with Gasteiger partial charge in [-0.05, 0) is 32.0 Å². The molecule has 26 heavy (non-hydrogen) atoms. The predicted octanol–water partition coefficient (Wildman–Crippen LogP) is 3.21. The Hall–Kier alpha value is -1.74. The molecule has 1 aromatic carbocycles. The molecule has 0 aliphatic rings. The number of methoxy groups -OCH3 is 1. The molecule has 0 spiro atoms. The van der Waals surface area contributed by atoms with Gasteiger partial charge in [0.15, 0.2) is 5.96 Å². The van der Waals surface area contributed by atoms with Gasteiger partial charge in [-0.15, -0.1) is 24.0 Å². The number of hydrogen-bond acceptors (Lipinski definition) is 4. The van der Waals surface area contributed by atoms with Crippen molar-refractivity contribution in [3.05, 3.63) is 54.0 Å². The third-order valence-electron chi connectivity index (χ3n) is 3.89. The molecule has 0 fully saturated rings. The van der Waals surface area contributed by atoms with Gasteiger partial charge < -0.3 is 24.5 Å². The molecule has 0 saturated carbocycles. The Kier molecular flexibility index (Phi) is 8.94. The highest BCUT2D eigenvalue weighted by Crippen LogP contribution is 2.22. The Morgan fingerprint density at radius 2 is 2.04 bits per heavy atom. The van der Waals surface area contributed by atoms with Crippen molar-refractivity contribution in [2.24, 2.45) is 4.99 Å². The van der Waals surface area contributed by atoms with Gasteiger partial charge in [-0.3, -0.25) is 0 Å². The van der Waals surface area contributed by atoms with Crippen LogP contribution in [0.2, 0.25) is 0 Å². The van der Waals surface area contributed by atoms with E-state index >= 15 is 0 Å². The summed E-state index contributed by atoms with van der Waals surface area (Å²) in [6, 6.07) is 11.4. The first-order valence-electron chi connectivity index (χ1n) is 8.35. The summed E-state index contributed by atoms with van der Waals surface area (Å²) in [5.41, 5.74) is -0.0916. The van der Waals surface area contributed by atoms with E-state index in [9.17, 15) is 5.11 Å². The lowest BCUT2D eigenvalue weighted by molar-refractivity contribution is 0.0435. The van der Waals surface area contributed by atoms with Crippen LogP contribution in [0.15, 0.2) is 52.1 Å². The largest absolute Gasteiger partial charge is 0.496 e. The molecule has 7 heteroatoms. The smallest absolute Gasteiger partial charge is 0.194 e. The SMILES string of the molecule is CCNC(=NCC(C)(O)c1ccco1)N(C)Cc1ccccc1OC.I. The Labute approximate surface area is 172 Å². The Bertz CT molecular complexity index is 687. The third kappa shape index (κ3) is 5.91. The Morgan fingerprint density at radius 3 is 2.65 bits per heavy atom. The van der Waals surface area contributed by atoms with Crippen molar-refractivity contribution < 1.29 is 14.3 Å². The minimum atomic E-state index is -1.16. The summed E-state index contributed by atoms with van der Waals surface area (Å²) in [6.45, 7) is 5.27. The highest BCUT2D eigenvalue weighted by molar-refractivity contribution is 14.0. The average Bonchev–Trinajstić information content (AvgIpc) is 3.14. The van der Waals surface area contributed by atoms with E-state index in [0.29, 0.717) is 18.3 Å². The number of guanidine groups is 1. The number of benzene rings is 1. The molecule has 2 N–H and O–H groups in total. The van der Waals surface area contributed by atoms with Crippen LogP contribution in [-0.2, 0) is 12.1 Å². The molecule has 0 amide bonds. The minimum Gasteiger partial charge on any atom is -0.496 e. The molecule has 0 bridgehead atoms. The molecule has 2 aromatic rings. The van der Waals surface area contributed by atoms with Crippen molar-refractivity contribution >= 4 is 29.9 Å². The lowest BCUT2D eigenvalue weighted by Crippen LogP contribution is -2.39. The first-order chi connectivity index (χ1) is 12.0. The topological polar surface area (TPSA) is 70.2 Å². The van der Waals surface area contributed by atoms with Gasteiger partial charge in [0.2, 0.25) is 0 Å². The summed E-state index contributed by atoms with van der Waals surface area (Å²) in [5, 5.41) is 13.8. The van der Waals surface area contributed by atoms with Crippen molar-refractivity contribution in [3.63, 3.8) is 0 Å². The van der Waals surface area contributed by atoms with Gasteiger partial charge in [-0.1, -0.05) is 18.2 Å². The summed E-state index contributed by atoms with van der Waals surface area (Å²) < 4.78 is 10.7. The van der Waals surface area contributed by atoms with Crippen LogP contribution in [0, 0.1) is 0 Å². The number of nitrogens with one attached hydrogen (secondary N) is 1. The molecular weight excluding hydrogens is 445 g/mol. The molecule has 1 aromatic heterocycles. The van der Waals surface area contributed by atoms with Crippen molar-refractivity contribution in [2.75, 3.05) is 27.2 Å². The molecular formula is C19H28IN3O3. The quantitative estimate of drug-likeness (QED) is 0.367. The number of aliphatic hydroxyl groups is 1. The van der Waals surface area contributed by atoms with Crippen LogP contribution in [0.5, 0.6) is 5.75 Å². The normalized spacial score (nSPS) is 13.5. The molecule has 2 rings (SSSR count). The van der Waals surface area contributed by atoms with Gasteiger partial charge in [0.1, 0.15) is 17.1 Å². The number of para-hydroxylation sites is 1. The van der Waals surface area contributed by atoms with E-state index in [4.69, 9.17) is 9.15 Å². The third-order valence-corrected chi connectivity index (χ3v) is 3.89. The fourth-order valence-electron chi connectivity index (χ4n) is 2.53. The highest BCUT2D eigenvalue weighted by atomic mass is 127. The maximum atomic E-state index is 10.6. The number of ether oxygens (including phenoxy) is 1. The predicted molar refractivity (Wildman–Crippen MR) is 114 cm³/mol. The summed E-state index contributed by atoms with van der Waals surface area (Å²) in [5.74, 6) is 2.05. The van der Waals surface area contributed by atoms with E-state index in [1.165, 1.54) is 0 Å². The second-order valence-corrected chi connectivity index (χ2v) is 6.09. The van der Waals surface area contributed by atoms with Gasteiger partial charge in [0, 0.05) is 25.7 Å². The monoisotopic (exact) mass is 473 g/mol. The summed E-state index contributed by atoms with van der Waals surface area (Å²) in [4.78, 5) is 6.57. The molecule has 0 aliphatic heterocycles. The van der Waals surface area contributed by atoms with Gasteiger partial charge in [-0.25, -0.2) is 4.99 Å². The summed E-state index contributed by atoms with van der Waals surface area (Å²) in [7, 11) is 3.62. The second-order valence-electron chi connectivity index (χ2n) is 6.09. The number of furan rings is 1. The van der Waals surface area contributed by atoms with Gasteiger partial charge in [-0.2, -0.15) is 0 Å². The van der Waals surface area contributed by atoms with Crippen LogP contribution in [0.25, 0.3) is 0 Å². The molecule has 1 heterocycles. The molecule has 0 aliphatic carbocycles. The fraction of sp³-hybridized carbons (Fsp3) is 0.421. The van der Waals surface area contributed by atoms with E-state index in [0.717, 1.165) is 17.9 Å². The fourth-order valence-corrected chi connectivity index (χ4v) is 2.53. The molecule has 0 radical (unpaired) electrons. The summed E-state index contributed by atoms with van der Waals surface area (Å²) >= 11 is 0. The maximum absolute atomic E-state index is 10.6. The Balaban J connectivity index is 0.00000338. The highest BCUT2D eigenvalue weighted by Gasteiger charge is 2.26. The van der Waals surface area contributed by atoms with Crippen molar-refractivity contribution in [1.29, 1.82) is 0 Å². The number of halogens is 1. The second kappa shape index (κ2) is 10.4. The van der Waals surface area contributed by atoms with Gasteiger partial charge in [0.25, 0.3) is 0 Å². The number of nitrogens with zero attached hydrogens (tertiary/aromatic N) is 2. The van der Waals surface area contributed by atoms with Gasteiger partial charge in [0.05, 0.1) is 19.9 Å². The van der Waals surface area contributed by atoms with Crippen molar-refractivity contribution in [3.8, 4) is 5.75 Å². The zero-order valence-corrected chi connectivity index (χ0v) is 18.1. The maximum Gasteiger partial charge on any atom is 0.194 e. The van der Waals surface area contributed by atoms with Crippen LogP contribution < -0.4 is 10.1 Å². The number of hydrogen-bond donors (Lipinski definition) is 2. The first kappa shape index (κ1) is 22.3.